The van der Waals surface area contributed by atoms with Gasteiger partial charge in [0.1, 0.15) is 11.6 Å². The van der Waals surface area contributed by atoms with Crippen LogP contribution >= 0.6 is 0 Å². The van der Waals surface area contributed by atoms with Crippen LogP contribution in [0.25, 0.3) is 11.1 Å². The van der Waals surface area contributed by atoms with Gasteiger partial charge in [-0.15, -0.1) is 6.58 Å². The maximum Gasteiger partial charge on any atom is 0.131 e. The van der Waals surface area contributed by atoms with E-state index in [1.165, 1.54) is 44.2 Å². The highest BCUT2D eigenvalue weighted by Gasteiger charge is 2.36. The van der Waals surface area contributed by atoms with Crippen molar-refractivity contribution in [2.75, 3.05) is 0 Å². The Kier molecular flexibility index (Phi) is 6.18. The Hall–Kier alpha value is -1.96. The molecule has 2 saturated carbocycles. The van der Waals surface area contributed by atoms with Crippen LogP contribution in [0, 0.1) is 36.3 Å². The second-order valence-corrected chi connectivity index (χ2v) is 9.29. The molecule has 0 N–H and O–H groups in total. The molecule has 154 valence electrons. The Labute approximate surface area is 174 Å². The fraction of sp³-hybridized carbons (Fsp3) is 0.481. The van der Waals surface area contributed by atoms with Crippen molar-refractivity contribution in [3.63, 3.8) is 0 Å². The monoisotopic (exact) mass is 394 g/mol. The first-order valence-electron chi connectivity index (χ1n) is 11.2. The molecule has 2 aromatic carbocycles. The van der Waals surface area contributed by atoms with Crippen LogP contribution in [-0.4, -0.2) is 0 Å². The summed E-state index contributed by atoms with van der Waals surface area (Å²) in [6.45, 7) is 5.72. The minimum absolute atomic E-state index is 0.175. The fourth-order valence-electron chi connectivity index (χ4n) is 5.76. The summed E-state index contributed by atoms with van der Waals surface area (Å²) in [6, 6.07) is 10.5. The number of benzene rings is 2. The van der Waals surface area contributed by atoms with E-state index in [-0.39, 0.29) is 11.6 Å². The van der Waals surface area contributed by atoms with Crippen molar-refractivity contribution >= 4 is 0 Å². The first-order chi connectivity index (χ1) is 14.0. The summed E-state index contributed by atoms with van der Waals surface area (Å²) in [5, 5.41) is 0. The van der Waals surface area contributed by atoms with Crippen LogP contribution in [0.5, 0.6) is 0 Å². The molecule has 0 spiro atoms. The molecule has 0 amide bonds. The van der Waals surface area contributed by atoms with Crippen molar-refractivity contribution in [3.8, 4) is 11.1 Å². The predicted octanol–water partition coefficient (Wildman–Crippen LogP) is 8.21. The van der Waals surface area contributed by atoms with Gasteiger partial charge >= 0.3 is 0 Å². The standard InChI is InChI=1S/C27H32F2/c1-3-4-5-19-7-8-21-16-22(10-9-20(21)15-19)25-13-11-23(17-27(25)29)24-12-6-18(2)14-26(24)28/h3,6,11-14,17,19-22H,1,4-5,7-10,15-16H2,2H3. The molecule has 2 aliphatic rings. The number of halogens is 2. The lowest BCUT2D eigenvalue weighted by Gasteiger charge is -2.42. The molecule has 2 heteroatoms. The molecular weight excluding hydrogens is 362 g/mol. The van der Waals surface area contributed by atoms with E-state index in [0.29, 0.717) is 17.0 Å². The summed E-state index contributed by atoms with van der Waals surface area (Å²) in [4.78, 5) is 0. The summed E-state index contributed by atoms with van der Waals surface area (Å²) < 4.78 is 29.3. The van der Waals surface area contributed by atoms with Gasteiger partial charge in [0.05, 0.1) is 0 Å². The van der Waals surface area contributed by atoms with Gasteiger partial charge in [-0.25, -0.2) is 8.78 Å². The first kappa shape index (κ1) is 20.3. The molecule has 2 aliphatic carbocycles. The molecular formula is C27H32F2. The van der Waals surface area contributed by atoms with Crippen molar-refractivity contribution < 1.29 is 8.78 Å². The highest BCUT2D eigenvalue weighted by Crippen LogP contribution is 2.48. The third-order valence-electron chi connectivity index (χ3n) is 7.38. The quantitative estimate of drug-likeness (QED) is 0.448. The van der Waals surface area contributed by atoms with E-state index >= 15 is 4.39 Å². The Morgan fingerprint density at radius 1 is 0.931 bits per heavy atom. The van der Waals surface area contributed by atoms with Crippen molar-refractivity contribution in [1.82, 2.24) is 0 Å². The summed E-state index contributed by atoms with van der Waals surface area (Å²) in [7, 11) is 0. The number of fused-ring (bicyclic) bond motifs is 1. The molecule has 0 aromatic heterocycles. The number of hydrogen-bond acceptors (Lipinski definition) is 0. The molecule has 0 bridgehead atoms. The smallest absolute Gasteiger partial charge is 0.131 e. The number of allylic oxidation sites excluding steroid dienone is 1. The molecule has 4 rings (SSSR count). The Balaban J connectivity index is 1.45. The SMILES string of the molecule is C=CCCC1CCC2CC(c3ccc(-c4ccc(C)cc4F)cc3F)CCC2C1. The van der Waals surface area contributed by atoms with Gasteiger partial charge in [-0.1, -0.05) is 36.8 Å². The summed E-state index contributed by atoms with van der Waals surface area (Å²) >= 11 is 0. The van der Waals surface area contributed by atoms with Crippen molar-refractivity contribution in [2.24, 2.45) is 17.8 Å². The van der Waals surface area contributed by atoms with Crippen LogP contribution < -0.4 is 0 Å². The summed E-state index contributed by atoms with van der Waals surface area (Å²) in [5.41, 5.74) is 2.80. The van der Waals surface area contributed by atoms with Gasteiger partial charge in [-0.3, -0.25) is 0 Å². The van der Waals surface area contributed by atoms with Crippen LogP contribution in [-0.2, 0) is 0 Å². The average molecular weight is 395 g/mol. The van der Waals surface area contributed by atoms with Gasteiger partial charge in [0.25, 0.3) is 0 Å². The van der Waals surface area contributed by atoms with Crippen LogP contribution in [0.4, 0.5) is 8.78 Å². The van der Waals surface area contributed by atoms with E-state index in [1.54, 1.807) is 6.07 Å². The maximum atomic E-state index is 15.0. The van der Waals surface area contributed by atoms with E-state index < -0.39 is 0 Å². The van der Waals surface area contributed by atoms with E-state index in [1.807, 2.05) is 31.2 Å². The number of rotatable bonds is 5. The van der Waals surface area contributed by atoms with Crippen LogP contribution in [0.2, 0.25) is 0 Å². The topological polar surface area (TPSA) is 0 Å². The molecule has 0 radical (unpaired) electrons. The van der Waals surface area contributed by atoms with Crippen LogP contribution in [0.15, 0.2) is 49.1 Å². The third-order valence-corrected chi connectivity index (χ3v) is 7.38. The molecule has 29 heavy (non-hydrogen) atoms. The lowest BCUT2D eigenvalue weighted by atomic mass is 9.63. The van der Waals surface area contributed by atoms with E-state index in [0.717, 1.165) is 48.1 Å². The lowest BCUT2D eigenvalue weighted by Crippen LogP contribution is -2.30. The Bertz CT molecular complexity index is 869. The molecule has 0 aliphatic heterocycles. The largest absolute Gasteiger partial charge is 0.207 e. The number of hydrogen-bond donors (Lipinski definition) is 0. The molecule has 4 atom stereocenters. The van der Waals surface area contributed by atoms with Crippen molar-refractivity contribution in [2.45, 2.75) is 64.2 Å². The van der Waals surface area contributed by atoms with Crippen molar-refractivity contribution in [3.05, 3.63) is 71.8 Å². The Morgan fingerprint density at radius 3 is 2.48 bits per heavy atom. The highest BCUT2D eigenvalue weighted by molar-refractivity contribution is 5.65. The van der Waals surface area contributed by atoms with Gasteiger partial charge in [0, 0.05) is 5.56 Å². The predicted molar refractivity (Wildman–Crippen MR) is 117 cm³/mol. The second-order valence-electron chi connectivity index (χ2n) is 9.29. The Morgan fingerprint density at radius 2 is 1.72 bits per heavy atom. The van der Waals surface area contributed by atoms with Crippen molar-refractivity contribution in [1.29, 1.82) is 0 Å². The normalized spacial score (nSPS) is 26.7. The molecule has 2 aromatic rings. The lowest BCUT2D eigenvalue weighted by molar-refractivity contribution is 0.114. The number of aryl methyl sites for hydroxylation is 1. The first-order valence-corrected chi connectivity index (χ1v) is 11.2. The van der Waals surface area contributed by atoms with E-state index in [4.69, 9.17) is 0 Å². The third kappa shape index (κ3) is 4.47. The van der Waals surface area contributed by atoms with Crippen LogP contribution in [0.1, 0.15) is 68.4 Å². The summed E-state index contributed by atoms with van der Waals surface area (Å²) in [6.07, 6.45) is 11.8. The second kappa shape index (κ2) is 8.81. The molecule has 2 fully saturated rings. The maximum absolute atomic E-state index is 15.0. The summed E-state index contributed by atoms with van der Waals surface area (Å²) in [5.74, 6) is 2.25. The molecule has 0 heterocycles. The van der Waals surface area contributed by atoms with Gasteiger partial charge in [0.15, 0.2) is 0 Å². The zero-order valence-electron chi connectivity index (χ0n) is 17.5. The molecule has 0 nitrogen and oxygen atoms in total. The van der Waals surface area contributed by atoms with Gasteiger partial charge in [0.2, 0.25) is 0 Å². The minimum Gasteiger partial charge on any atom is -0.207 e. The molecule has 0 saturated heterocycles. The van der Waals surface area contributed by atoms with Gasteiger partial charge in [-0.05, 0) is 104 Å². The fourth-order valence-corrected chi connectivity index (χ4v) is 5.76. The highest BCUT2D eigenvalue weighted by atomic mass is 19.1. The minimum atomic E-state index is -0.286. The van der Waals surface area contributed by atoms with E-state index in [2.05, 4.69) is 6.58 Å². The zero-order valence-corrected chi connectivity index (χ0v) is 17.5. The van der Waals surface area contributed by atoms with E-state index in [9.17, 15) is 4.39 Å². The average Bonchev–Trinajstić information content (AvgIpc) is 2.71. The molecule has 4 unspecified atom stereocenters. The zero-order chi connectivity index (χ0) is 20.4. The van der Waals surface area contributed by atoms with Gasteiger partial charge < -0.3 is 0 Å². The van der Waals surface area contributed by atoms with Gasteiger partial charge in [-0.2, -0.15) is 0 Å². The van der Waals surface area contributed by atoms with Crippen LogP contribution in [0.3, 0.4) is 0 Å².